The van der Waals surface area contributed by atoms with Gasteiger partial charge in [-0.1, -0.05) is 6.92 Å². The van der Waals surface area contributed by atoms with Crippen LogP contribution in [0.3, 0.4) is 0 Å². The van der Waals surface area contributed by atoms with Gasteiger partial charge in [-0.3, -0.25) is 0 Å². The van der Waals surface area contributed by atoms with E-state index >= 15 is 0 Å². The van der Waals surface area contributed by atoms with Crippen LogP contribution in [0.4, 0.5) is 4.39 Å². The standard InChI is InChI=1S/C14H19FN2O4S.ClH/c1-14(8-16)5-6-17(9-14)22(19,20)12-7-10(15)3-4-11(12)13(18)21-2;/h3-4,7H,5-6,8-9,16H2,1-2H3;1H. The number of nitrogens with zero attached hydrogens (tertiary/aromatic N) is 1. The van der Waals surface area contributed by atoms with Gasteiger partial charge in [0.25, 0.3) is 0 Å². The molecule has 6 nitrogen and oxygen atoms in total. The molecule has 0 amide bonds. The molecule has 9 heteroatoms. The predicted octanol–water partition coefficient (Wildman–Crippen LogP) is 1.39. The maximum atomic E-state index is 13.5. The van der Waals surface area contributed by atoms with Crippen LogP contribution in [0.25, 0.3) is 0 Å². The van der Waals surface area contributed by atoms with Gasteiger partial charge in [-0.2, -0.15) is 4.31 Å². The SMILES string of the molecule is COC(=O)c1ccc(F)cc1S(=O)(=O)N1CCC(C)(CN)C1.Cl. The number of methoxy groups -OCH3 is 1. The van der Waals surface area contributed by atoms with Crippen molar-refractivity contribution in [1.82, 2.24) is 4.31 Å². The summed E-state index contributed by atoms with van der Waals surface area (Å²) >= 11 is 0. The molecule has 0 saturated carbocycles. The second-order valence-corrected chi connectivity index (χ2v) is 7.64. The third kappa shape index (κ3) is 3.82. The Morgan fingerprint density at radius 3 is 2.65 bits per heavy atom. The third-order valence-electron chi connectivity index (χ3n) is 3.98. The Morgan fingerprint density at radius 1 is 1.48 bits per heavy atom. The van der Waals surface area contributed by atoms with Crippen LogP contribution in [0.1, 0.15) is 23.7 Å². The molecule has 23 heavy (non-hydrogen) atoms. The molecule has 1 aromatic rings. The first-order chi connectivity index (χ1) is 10.2. The summed E-state index contributed by atoms with van der Waals surface area (Å²) in [7, 11) is -2.85. The van der Waals surface area contributed by atoms with E-state index < -0.39 is 21.8 Å². The Balaban J connectivity index is 0.00000264. The summed E-state index contributed by atoms with van der Waals surface area (Å²) in [5.74, 6) is -1.55. The van der Waals surface area contributed by atoms with Gasteiger partial charge in [0.05, 0.1) is 17.6 Å². The van der Waals surface area contributed by atoms with Crippen LogP contribution in [0.15, 0.2) is 23.1 Å². The van der Waals surface area contributed by atoms with Crippen molar-refractivity contribution >= 4 is 28.4 Å². The fraction of sp³-hybridized carbons (Fsp3) is 0.500. The molecule has 0 bridgehead atoms. The van der Waals surface area contributed by atoms with Gasteiger partial charge in [-0.05, 0) is 36.6 Å². The van der Waals surface area contributed by atoms with Crippen molar-refractivity contribution < 1.29 is 22.3 Å². The Kier molecular flexibility index (Phi) is 6.14. The normalized spacial score (nSPS) is 21.7. The number of ether oxygens (including phenoxy) is 1. The summed E-state index contributed by atoms with van der Waals surface area (Å²) in [6.07, 6.45) is 0.617. The Hall–Kier alpha value is -1.22. The van der Waals surface area contributed by atoms with Crippen LogP contribution in [0.2, 0.25) is 0 Å². The average molecular weight is 367 g/mol. The van der Waals surface area contributed by atoms with Gasteiger partial charge in [-0.25, -0.2) is 17.6 Å². The lowest BCUT2D eigenvalue weighted by Crippen LogP contribution is -2.35. The summed E-state index contributed by atoms with van der Waals surface area (Å²) in [6, 6.07) is 2.99. The van der Waals surface area contributed by atoms with E-state index in [1.54, 1.807) is 0 Å². The number of rotatable bonds is 4. The smallest absolute Gasteiger partial charge is 0.339 e. The predicted molar refractivity (Wildman–Crippen MR) is 85.5 cm³/mol. The zero-order valence-corrected chi connectivity index (χ0v) is 14.5. The number of carbonyl (C=O) groups excluding carboxylic acids is 1. The fourth-order valence-corrected chi connectivity index (χ4v) is 4.26. The Morgan fingerprint density at radius 2 is 2.13 bits per heavy atom. The lowest BCUT2D eigenvalue weighted by Gasteiger charge is -2.23. The number of halogens is 2. The minimum absolute atomic E-state index is 0. The lowest BCUT2D eigenvalue weighted by molar-refractivity contribution is 0.0596. The van der Waals surface area contributed by atoms with E-state index in [9.17, 15) is 17.6 Å². The molecule has 0 spiro atoms. The first-order valence-corrected chi connectivity index (χ1v) is 8.25. The number of esters is 1. The van der Waals surface area contributed by atoms with Crippen LogP contribution >= 0.6 is 12.4 Å². The first-order valence-electron chi connectivity index (χ1n) is 6.81. The zero-order valence-electron chi connectivity index (χ0n) is 12.9. The van der Waals surface area contributed by atoms with Gasteiger partial charge in [0, 0.05) is 13.1 Å². The highest BCUT2D eigenvalue weighted by Gasteiger charge is 2.40. The number of sulfonamides is 1. The number of nitrogens with two attached hydrogens (primary N) is 1. The molecule has 1 aliphatic heterocycles. The maximum Gasteiger partial charge on any atom is 0.339 e. The summed E-state index contributed by atoms with van der Waals surface area (Å²) in [5.41, 5.74) is 5.19. The van der Waals surface area contributed by atoms with Crippen LogP contribution in [-0.4, -0.2) is 45.4 Å². The molecule has 0 radical (unpaired) electrons. The summed E-state index contributed by atoms with van der Waals surface area (Å²) in [5, 5.41) is 0. The third-order valence-corrected chi connectivity index (χ3v) is 5.87. The average Bonchev–Trinajstić information content (AvgIpc) is 2.90. The maximum absolute atomic E-state index is 13.5. The van der Waals surface area contributed by atoms with Crippen LogP contribution in [-0.2, 0) is 14.8 Å². The van der Waals surface area contributed by atoms with E-state index in [1.165, 1.54) is 4.31 Å². The van der Waals surface area contributed by atoms with Crippen molar-refractivity contribution in [1.29, 1.82) is 0 Å². The van der Waals surface area contributed by atoms with Gasteiger partial charge < -0.3 is 10.5 Å². The quantitative estimate of drug-likeness (QED) is 0.813. The highest BCUT2D eigenvalue weighted by molar-refractivity contribution is 7.89. The molecule has 1 saturated heterocycles. The molecule has 1 heterocycles. The minimum Gasteiger partial charge on any atom is -0.465 e. The Labute approximate surface area is 141 Å². The van der Waals surface area contributed by atoms with Crippen molar-refractivity contribution in [2.24, 2.45) is 11.1 Å². The molecule has 1 unspecified atom stereocenters. The van der Waals surface area contributed by atoms with E-state index in [1.807, 2.05) is 6.92 Å². The molecular formula is C14H20ClFN2O4S. The lowest BCUT2D eigenvalue weighted by atomic mass is 9.90. The highest BCUT2D eigenvalue weighted by atomic mass is 35.5. The van der Waals surface area contributed by atoms with Gasteiger partial charge in [0.2, 0.25) is 10.0 Å². The fourth-order valence-electron chi connectivity index (χ4n) is 2.48. The van der Waals surface area contributed by atoms with Gasteiger partial charge >= 0.3 is 5.97 Å². The summed E-state index contributed by atoms with van der Waals surface area (Å²) in [4.78, 5) is 11.4. The van der Waals surface area contributed by atoms with E-state index in [-0.39, 0.29) is 41.4 Å². The minimum atomic E-state index is -3.99. The molecule has 1 atom stereocenters. The summed E-state index contributed by atoms with van der Waals surface area (Å²) in [6.45, 7) is 2.78. The number of carbonyl (C=O) groups is 1. The van der Waals surface area contributed by atoms with E-state index in [0.29, 0.717) is 13.0 Å². The Bertz CT molecular complexity index is 698. The topological polar surface area (TPSA) is 89.7 Å². The van der Waals surface area contributed by atoms with Crippen molar-refractivity contribution in [3.8, 4) is 0 Å². The molecule has 2 N–H and O–H groups in total. The zero-order chi connectivity index (χ0) is 16.5. The van der Waals surface area contributed by atoms with E-state index in [2.05, 4.69) is 4.74 Å². The number of hydrogen-bond acceptors (Lipinski definition) is 5. The first kappa shape index (κ1) is 19.8. The van der Waals surface area contributed by atoms with Gasteiger partial charge in [0.15, 0.2) is 0 Å². The van der Waals surface area contributed by atoms with Crippen molar-refractivity contribution in [2.45, 2.75) is 18.2 Å². The van der Waals surface area contributed by atoms with Gasteiger partial charge in [-0.15, -0.1) is 12.4 Å². The van der Waals surface area contributed by atoms with Crippen LogP contribution in [0, 0.1) is 11.2 Å². The molecule has 0 aliphatic carbocycles. The molecule has 2 rings (SSSR count). The molecule has 1 fully saturated rings. The van der Waals surface area contributed by atoms with Crippen molar-refractivity contribution in [3.05, 3.63) is 29.6 Å². The second-order valence-electron chi connectivity index (χ2n) is 5.74. The van der Waals surface area contributed by atoms with Crippen LogP contribution in [0.5, 0.6) is 0 Å². The van der Waals surface area contributed by atoms with E-state index in [0.717, 1.165) is 25.3 Å². The molecule has 130 valence electrons. The summed E-state index contributed by atoms with van der Waals surface area (Å²) < 4.78 is 44.8. The molecule has 1 aliphatic rings. The van der Waals surface area contributed by atoms with Gasteiger partial charge in [0.1, 0.15) is 5.82 Å². The van der Waals surface area contributed by atoms with Crippen LogP contribution < -0.4 is 5.73 Å². The molecule has 1 aromatic carbocycles. The second kappa shape index (κ2) is 7.12. The number of hydrogen-bond donors (Lipinski definition) is 1. The molecule has 0 aromatic heterocycles. The van der Waals surface area contributed by atoms with Crippen molar-refractivity contribution in [3.63, 3.8) is 0 Å². The largest absolute Gasteiger partial charge is 0.465 e. The van der Waals surface area contributed by atoms with Crippen molar-refractivity contribution in [2.75, 3.05) is 26.7 Å². The number of benzene rings is 1. The van der Waals surface area contributed by atoms with E-state index in [4.69, 9.17) is 5.73 Å². The highest BCUT2D eigenvalue weighted by Crippen LogP contribution is 2.33. The monoisotopic (exact) mass is 366 g/mol. The molecular weight excluding hydrogens is 347 g/mol.